The molecular weight excluding hydrogens is 302 g/mol. The van der Waals surface area contributed by atoms with Crippen molar-refractivity contribution in [3.8, 4) is 0 Å². The normalized spacial score (nSPS) is 19.7. The van der Waals surface area contributed by atoms with Crippen LogP contribution < -0.4 is 4.90 Å². The molecular formula is C20H19NO3. The molecule has 0 unspecified atom stereocenters. The Morgan fingerprint density at radius 3 is 2.50 bits per heavy atom. The molecule has 4 nitrogen and oxygen atoms in total. The minimum absolute atomic E-state index is 0.163. The molecule has 0 fully saturated rings. The van der Waals surface area contributed by atoms with Crippen molar-refractivity contribution in [1.82, 2.24) is 0 Å². The lowest BCUT2D eigenvalue weighted by Gasteiger charge is -2.22. The highest BCUT2D eigenvalue weighted by Crippen LogP contribution is 2.43. The summed E-state index contributed by atoms with van der Waals surface area (Å²) in [6, 6.07) is 17.3. The molecule has 0 saturated carbocycles. The average Bonchev–Trinajstić information content (AvgIpc) is 2.77. The number of nitrogens with zero attached hydrogens (tertiary/aromatic N) is 1. The SMILES string of the molecule is C[C@]1(CC(=O)O)C(=O)N(C/C=C/c2ccccc2)c2ccccc21. The molecule has 0 radical (unpaired) electrons. The molecule has 4 heteroatoms. The molecule has 1 amide bonds. The van der Waals surface area contributed by atoms with E-state index in [1.807, 2.05) is 66.7 Å². The van der Waals surface area contributed by atoms with Crippen LogP contribution in [0.1, 0.15) is 24.5 Å². The van der Waals surface area contributed by atoms with Crippen molar-refractivity contribution in [2.75, 3.05) is 11.4 Å². The van der Waals surface area contributed by atoms with Crippen LogP contribution in [0.4, 0.5) is 5.69 Å². The number of carbonyl (C=O) groups excluding carboxylic acids is 1. The van der Waals surface area contributed by atoms with E-state index in [9.17, 15) is 14.7 Å². The van der Waals surface area contributed by atoms with Gasteiger partial charge in [-0.3, -0.25) is 9.59 Å². The molecule has 1 atom stereocenters. The zero-order chi connectivity index (χ0) is 17.2. The van der Waals surface area contributed by atoms with Gasteiger partial charge in [-0.1, -0.05) is 60.7 Å². The van der Waals surface area contributed by atoms with Crippen molar-refractivity contribution in [2.24, 2.45) is 0 Å². The summed E-state index contributed by atoms with van der Waals surface area (Å²) in [5.74, 6) is -1.13. The van der Waals surface area contributed by atoms with Gasteiger partial charge >= 0.3 is 5.97 Å². The van der Waals surface area contributed by atoms with Crippen molar-refractivity contribution in [2.45, 2.75) is 18.8 Å². The van der Waals surface area contributed by atoms with Crippen molar-refractivity contribution < 1.29 is 14.7 Å². The van der Waals surface area contributed by atoms with Crippen LogP contribution in [-0.2, 0) is 15.0 Å². The van der Waals surface area contributed by atoms with E-state index in [0.29, 0.717) is 6.54 Å². The quantitative estimate of drug-likeness (QED) is 0.917. The number of fused-ring (bicyclic) bond motifs is 1. The van der Waals surface area contributed by atoms with Gasteiger partial charge < -0.3 is 10.0 Å². The fourth-order valence-corrected chi connectivity index (χ4v) is 3.21. The molecule has 3 rings (SSSR count). The number of anilines is 1. The lowest BCUT2D eigenvalue weighted by molar-refractivity contribution is -0.141. The number of benzene rings is 2. The summed E-state index contributed by atoms with van der Waals surface area (Å²) in [6.45, 7) is 2.13. The molecule has 0 aliphatic carbocycles. The summed E-state index contributed by atoms with van der Waals surface area (Å²) in [4.78, 5) is 25.8. The van der Waals surface area contributed by atoms with Crippen LogP contribution in [0.5, 0.6) is 0 Å². The van der Waals surface area contributed by atoms with Crippen molar-refractivity contribution in [3.05, 3.63) is 71.8 Å². The fourth-order valence-electron chi connectivity index (χ4n) is 3.21. The highest BCUT2D eigenvalue weighted by molar-refractivity contribution is 6.09. The predicted octanol–water partition coefficient (Wildman–Crippen LogP) is 3.48. The lowest BCUT2D eigenvalue weighted by atomic mass is 9.81. The third-order valence-electron chi connectivity index (χ3n) is 4.41. The second-order valence-corrected chi connectivity index (χ2v) is 6.15. The lowest BCUT2D eigenvalue weighted by Crippen LogP contribution is -2.39. The second-order valence-electron chi connectivity index (χ2n) is 6.15. The van der Waals surface area contributed by atoms with Crippen molar-refractivity contribution in [3.63, 3.8) is 0 Å². The summed E-state index contributed by atoms with van der Waals surface area (Å²) in [7, 11) is 0. The molecule has 1 N–H and O–H groups in total. The molecule has 122 valence electrons. The number of para-hydroxylation sites is 1. The van der Waals surface area contributed by atoms with Gasteiger partial charge in [0.1, 0.15) is 0 Å². The molecule has 2 aromatic rings. The topological polar surface area (TPSA) is 57.6 Å². The van der Waals surface area contributed by atoms with Crippen LogP contribution in [0.25, 0.3) is 6.08 Å². The Bertz CT molecular complexity index is 798. The standard InChI is InChI=1S/C20H19NO3/c1-20(14-18(22)23)16-11-5-6-12-17(16)21(19(20)24)13-7-10-15-8-3-2-4-9-15/h2-12H,13-14H2,1H3,(H,22,23)/b10-7+/t20-/m1/s1. The summed E-state index contributed by atoms with van der Waals surface area (Å²) in [5.41, 5.74) is 1.63. The van der Waals surface area contributed by atoms with Gasteiger partial charge in [0, 0.05) is 12.2 Å². The number of hydrogen-bond donors (Lipinski definition) is 1. The van der Waals surface area contributed by atoms with Gasteiger partial charge in [-0.25, -0.2) is 0 Å². The number of carboxylic acids is 1. The van der Waals surface area contributed by atoms with E-state index in [-0.39, 0.29) is 12.3 Å². The van der Waals surface area contributed by atoms with Gasteiger partial charge in [0.2, 0.25) is 5.91 Å². The number of carboxylic acid groups (broad SMARTS) is 1. The van der Waals surface area contributed by atoms with Crippen LogP contribution in [-0.4, -0.2) is 23.5 Å². The first kappa shape index (κ1) is 16.0. The van der Waals surface area contributed by atoms with E-state index in [4.69, 9.17) is 0 Å². The third kappa shape index (κ3) is 2.83. The zero-order valence-electron chi connectivity index (χ0n) is 13.5. The summed E-state index contributed by atoms with van der Waals surface area (Å²) >= 11 is 0. The maximum absolute atomic E-state index is 12.9. The number of hydrogen-bond acceptors (Lipinski definition) is 2. The first-order valence-corrected chi connectivity index (χ1v) is 7.87. The molecule has 0 saturated heterocycles. The van der Waals surface area contributed by atoms with Crippen LogP contribution in [0.3, 0.4) is 0 Å². The molecule has 1 heterocycles. The van der Waals surface area contributed by atoms with Gasteiger partial charge in [0.25, 0.3) is 0 Å². The van der Waals surface area contributed by atoms with Crippen LogP contribution in [0.15, 0.2) is 60.7 Å². The first-order valence-electron chi connectivity index (χ1n) is 7.87. The highest BCUT2D eigenvalue weighted by Gasteiger charge is 2.48. The molecule has 2 aromatic carbocycles. The summed E-state index contributed by atoms with van der Waals surface area (Å²) in [5, 5.41) is 9.21. The van der Waals surface area contributed by atoms with Gasteiger partial charge in [0.05, 0.1) is 11.8 Å². The van der Waals surface area contributed by atoms with Crippen LogP contribution >= 0.6 is 0 Å². The van der Waals surface area contributed by atoms with Crippen molar-refractivity contribution in [1.29, 1.82) is 0 Å². The Hall–Kier alpha value is -2.88. The van der Waals surface area contributed by atoms with Gasteiger partial charge in [-0.05, 0) is 24.1 Å². The minimum atomic E-state index is -1.01. The minimum Gasteiger partial charge on any atom is -0.481 e. The predicted molar refractivity (Wildman–Crippen MR) is 93.9 cm³/mol. The Labute approximate surface area is 141 Å². The second kappa shape index (κ2) is 6.32. The van der Waals surface area contributed by atoms with Gasteiger partial charge in [-0.2, -0.15) is 0 Å². The summed E-state index contributed by atoms with van der Waals surface area (Å²) < 4.78 is 0. The maximum Gasteiger partial charge on any atom is 0.304 e. The highest BCUT2D eigenvalue weighted by atomic mass is 16.4. The molecule has 24 heavy (non-hydrogen) atoms. The summed E-state index contributed by atoms with van der Waals surface area (Å²) in [6.07, 6.45) is 3.68. The monoisotopic (exact) mass is 321 g/mol. The molecule has 1 aliphatic heterocycles. The fraction of sp³-hybridized carbons (Fsp3) is 0.200. The van der Waals surface area contributed by atoms with E-state index in [1.54, 1.807) is 11.8 Å². The molecule has 0 spiro atoms. The van der Waals surface area contributed by atoms with E-state index in [2.05, 4.69) is 0 Å². The van der Waals surface area contributed by atoms with Crippen molar-refractivity contribution >= 4 is 23.6 Å². The largest absolute Gasteiger partial charge is 0.481 e. The Balaban J connectivity index is 1.88. The first-order chi connectivity index (χ1) is 11.5. The van der Waals surface area contributed by atoms with Crippen LogP contribution in [0.2, 0.25) is 0 Å². The number of aliphatic carboxylic acids is 1. The van der Waals surface area contributed by atoms with Gasteiger partial charge in [0.15, 0.2) is 0 Å². The molecule has 0 aromatic heterocycles. The van der Waals surface area contributed by atoms with E-state index in [1.165, 1.54) is 0 Å². The number of rotatable bonds is 5. The maximum atomic E-state index is 12.9. The van der Waals surface area contributed by atoms with E-state index >= 15 is 0 Å². The number of amides is 1. The smallest absolute Gasteiger partial charge is 0.304 e. The third-order valence-corrected chi connectivity index (χ3v) is 4.41. The van der Waals surface area contributed by atoms with Gasteiger partial charge in [-0.15, -0.1) is 0 Å². The van der Waals surface area contributed by atoms with Crippen LogP contribution in [0, 0.1) is 0 Å². The zero-order valence-corrected chi connectivity index (χ0v) is 13.5. The van der Waals surface area contributed by atoms with E-state index in [0.717, 1.165) is 16.8 Å². The van der Waals surface area contributed by atoms with E-state index < -0.39 is 11.4 Å². The average molecular weight is 321 g/mol. The Morgan fingerprint density at radius 2 is 1.79 bits per heavy atom. The Morgan fingerprint density at radius 1 is 1.12 bits per heavy atom. The molecule has 0 bridgehead atoms. The molecule has 1 aliphatic rings. The number of carbonyl (C=O) groups is 2. The Kier molecular flexibility index (Phi) is 4.21.